The van der Waals surface area contributed by atoms with Gasteiger partial charge in [-0.3, -0.25) is 0 Å². The molecule has 0 saturated heterocycles. The summed E-state index contributed by atoms with van der Waals surface area (Å²) >= 11 is -2.17. The van der Waals surface area contributed by atoms with E-state index in [0.717, 1.165) is 6.42 Å². The van der Waals surface area contributed by atoms with E-state index in [-0.39, 0.29) is 10.8 Å². The van der Waals surface area contributed by atoms with Crippen LogP contribution < -0.4 is 3.32 Å². The summed E-state index contributed by atoms with van der Waals surface area (Å²) in [6.45, 7) is 19.0. The van der Waals surface area contributed by atoms with Crippen molar-refractivity contribution >= 4 is 17.9 Å². The molecule has 2 aliphatic carbocycles. The molecule has 0 atom stereocenters. The number of hydrogen-bond donors (Lipinski definition) is 0. The molecule has 212 valence electrons. The van der Waals surface area contributed by atoms with E-state index in [0.29, 0.717) is 3.67 Å². The van der Waals surface area contributed by atoms with Crippen molar-refractivity contribution in [1.82, 2.24) is 0 Å². The Hall–Kier alpha value is -1.64. The van der Waals surface area contributed by atoms with Crippen LogP contribution in [0.2, 0.25) is 13.0 Å². The Morgan fingerprint density at radius 2 is 1.55 bits per heavy atom. The first-order chi connectivity index (χ1) is 18.7. The van der Waals surface area contributed by atoms with Gasteiger partial charge in [0.15, 0.2) is 0 Å². The van der Waals surface area contributed by atoms with Crippen molar-refractivity contribution in [3.8, 4) is 11.1 Å². The van der Waals surface area contributed by atoms with Gasteiger partial charge in [0.1, 0.15) is 0 Å². The minimum atomic E-state index is -4.20. The van der Waals surface area contributed by atoms with E-state index in [4.69, 9.17) is 0 Å². The molecule has 0 saturated carbocycles. The molecule has 0 fully saturated rings. The van der Waals surface area contributed by atoms with Crippen LogP contribution in [0, 0.1) is 6.92 Å². The molecule has 2 aromatic carbocycles. The molecule has 0 aliphatic heterocycles. The molecule has 1 heterocycles. The van der Waals surface area contributed by atoms with Crippen molar-refractivity contribution in [2.24, 2.45) is 0 Å². The number of aryl methyl sites for hydroxylation is 1. The summed E-state index contributed by atoms with van der Waals surface area (Å²) < 4.78 is 9.75. The number of fused-ring (bicyclic) bond motifs is 3. The van der Waals surface area contributed by atoms with Gasteiger partial charge in [-0.1, -0.05) is 0 Å². The zero-order chi connectivity index (χ0) is 29.1. The summed E-state index contributed by atoms with van der Waals surface area (Å²) in [5.74, 6) is 0. The molecular formula is C38H50HfS. The van der Waals surface area contributed by atoms with Crippen LogP contribution in [-0.2, 0) is 35.3 Å². The molecule has 0 nitrogen and oxygen atoms in total. The molecule has 0 unspecified atom stereocenters. The molecule has 0 radical (unpaired) electrons. The van der Waals surface area contributed by atoms with E-state index in [9.17, 15) is 0 Å². The molecule has 2 heteroatoms. The van der Waals surface area contributed by atoms with Crippen LogP contribution in [0.3, 0.4) is 0 Å². The van der Waals surface area contributed by atoms with Crippen LogP contribution in [0.25, 0.3) is 11.1 Å². The van der Waals surface area contributed by atoms with Crippen molar-refractivity contribution in [2.75, 3.05) is 0 Å². The molecule has 5 rings (SSSR count). The maximum atomic E-state index is 2.82. The van der Waals surface area contributed by atoms with E-state index in [2.05, 4.69) is 132 Å². The van der Waals surface area contributed by atoms with Crippen LogP contribution in [0.15, 0.2) is 66.8 Å². The second-order valence-corrected chi connectivity index (χ2v) is 40.9. The second-order valence-electron chi connectivity index (χ2n) is 15.3. The van der Waals surface area contributed by atoms with Crippen LogP contribution in [0.5, 0.6) is 0 Å². The standard InChI is InChI=1S/C21H25.C10H14S.C5H5.2CH3.Hf/c1-20(2,3)16-7-9-18-14(12-16)11-15-13-17(21(4,5)6)8-10-19(15)18;1-3-4-5-6-10-8-7-9(2)11-10;1-2-4-5-3-1;;;/h7-10,12H,11H2,1-6H3;7-8H,3-5H2,1-2H3;1-5H;2*1H3;. The van der Waals surface area contributed by atoms with Crippen molar-refractivity contribution < 1.29 is 18.0 Å². The summed E-state index contributed by atoms with van der Waals surface area (Å²) in [4.78, 5) is 2.99. The van der Waals surface area contributed by atoms with E-state index in [1.165, 1.54) is 46.4 Å². The fourth-order valence-electron chi connectivity index (χ4n) is 7.61. The summed E-state index contributed by atoms with van der Waals surface area (Å²) in [5, 5.41) is 0. The molecule has 0 spiro atoms. The number of benzene rings is 2. The number of thiophene rings is 1. The van der Waals surface area contributed by atoms with Gasteiger partial charge in [-0.25, -0.2) is 0 Å². The third kappa shape index (κ3) is 4.90. The second kappa shape index (κ2) is 10.3. The van der Waals surface area contributed by atoms with E-state index < -0.39 is 18.0 Å². The zero-order valence-corrected chi connectivity index (χ0v) is 31.1. The first kappa shape index (κ1) is 29.8. The van der Waals surface area contributed by atoms with Crippen LogP contribution in [0.4, 0.5) is 0 Å². The molecule has 1 aromatic heterocycles. The Labute approximate surface area is 249 Å². The Kier molecular flexibility index (Phi) is 7.66. The predicted molar refractivity (Wildman–Crippen MR) is 178 cm³/mol. The first-order valence-electron chi connectivity index (χ1n) is 15.4. The summed E-state index contributed by atoms with van der Waals surface area (Å²) in [5.41, 5.74) is 9.38. The SMILES string of the molecule is CCCC[C](c1ccc(C)s1)=[Hf]([CH3])([CH3])([c]1c(C(C)(C)C)ccc2c1Cc1cc(C(C)(C)C)ccc1-2)[CH]1C=CC=C1. The van der Waals surface area contributed by atoms with Gasteiger partial charge in [-0.05, 0) is 0 Å². The summed E-state index contributed by atoms with van der Waals surface area (Å²) in [6, 6.07) is 17.1. The van der Waals surface area contributed by atoms with Crippen molar-refractivity contribution in [3.05, 3.63) is 98.8 Å². The Morgan fingerprint density at radius 3 is 2.12 bits per heavy atom. The zero-order valence-electron chi connectivity index (χ0n) is 26.7. The monoisotopic (exact) mass is 718 g/mol. The number of rotatable bonds is 6. The molecule has 3 aromatic rings. The van der Waals surface area contributed by atoms with Gasteiger partial charge in [-0.2, -0.15) is 0 Å². The maximum absolute atomic E-state index is 4.20. The number of hydrogen-bond acceptors (Lipinski definition) is 1. The third-order valence-corrected chi connectivity index (χ3v) is 36.4. The van der Waals surface area contributed by atoms with Gasteiger partial charge in [0.2, 0.25) is 0 Å². The van der Waals surface area contributed by atoms with Crippen molar-refractivity contribution in [1.29, 1.82) is 0 Å². The molecule has 40 heavy (non-hydrogen) atoms. The average Bonchev–Trinajstić information content (AvgIpc) is 3.62. The van der Waals surface area contributed by atoms with Gasteiger partial charge in [0.25, 0.3) is 0 Å². The molecule has 0 bridgehead atoms. The quantitative estimate of drug-likeness (QED) is 0.174. The van der Waals surface area contributed by atoms with Gasteiger partial charge >= 0.3 is 251 Å². The van der Waals surface area contributed by atoms with E-state index >= 15 is 0 Å². The normalized spacial score (nSPS) is 15.6. The Balaban J connectivity index is 1.94. The van der Waals surface area contributed by atoms with Crippen LogP contribution >= 0.6 is 11.3 Å². The third-order valence-electron chi connectivity index (χ3n) is 10.0. The van der Waals surface area contributed by atoms with Crippen LogP contribution in [0.1, 0.15) is 99.7 Å². The topological polar surface area (TPSA) is 0 Å². The van der Waals surface area contributed by atoms with Crippen molar-refractivity contribution in [2.45, 2.75) is 105 Å². The molecule has 2 aliphatic rings. The van der Waals surface area contributed by atoms with Gasteiger partial charge in [-0.15, -0.1) is 0 Å². The number of allylic oxidation sites excluding steroid dienone is 4. The average molecular weight is 717 g/mol. The molecule has 0 N–H and O–H groups in total. The fraction of sp³-hybridized carbons (Fsp3) is 0.447. The van der Waals surface area contributed by atoms with E-state index in [1.54, 1.807) is 19.3 Å². The minimum absolute atomic E-state index is 0.0759. The van der Waals surface area contributed by atoms with Gasteiger partial charge < -0.3 is 0 Å². The molecule has 0 amide bonds. The van der Waals surface area contributed by atoms with E-state index in [1.807, 2.05) is 14.6 Å². The fourth-order valence-corrected chi connectivity index (χ4v) is 35.4. The van der Waals surface area contributed by atoms with Crippen molar-refractivity contribution in [3.63, 3.8) is 0 Å². The predicted octanol–water partition coefficient (Wildman–Crippen LogP) is 11.0. The summed E-state index contributed by atoms with van der Waals surface area (Å²) in [6.07, 6.45) is 14.6. The number of unbranched alkanes of at least 4 members (excludes halogenated alkanes) is 1. The van der Waals surface area contributed by atoms with Gasteiger partial charge in [0, 0.05) is 0 Å². The van der Waals surface area contributed by atoms with Crippen LogP contribution in [-0.4, -0.2) is 3.26 Å². The summed E-state index contributed by atoms with van der Waals surface area (Å²) in [7, 11) is 0. The Morgan fingerprint density at radius 1 is 0.875 bits per heavy atom. The van der Waals surface area contributed by atoms with Gasteiger partial charge in [0.05, 0.1) is 0 Å². The molecular weight excluding hydrogens is 667 g/mol. The first-order valence-corrected chi connectivity index (χ1v) is 29.1. The Bertz CT molecular complexity index is 1570.